The highest BCUT2D eigenvalue weighted by Crippen LogP contribution is 2.40. The smallest absolute Gasteiger partial charge is 0.0914 e. The molecule has 1 rings (SSSR count). The molecule has 1 heteroatoms. The van der Waals surface area contributed by atoms with Gasteiger partial charge in [0, 0.05) is 6.08 Å². The van der Waals surface area contributed by atoms with Gasteiger partial charge in [-0.3, -0.25) is 0 Å². The third-order valence-corrected chi connectivity index (χ3v) is 4.07. The first-order valence-corrected chi connectivity index (χ1v) is 7.66. The molecule has 0 aliphatic heterocycles. The fourth-order valence-corrected chi connectivity index (χ4v) is 2.78. The molecule has 1 aliphatic rings. The van der Waals surface area contributed by atoms with Crippen LogP contribution in [0.3, 0.4) is 0 Å². The molecule has 0 unspecified atom stereocenters. The molecule has 0 aromatic heterocycles. The molecule has 0 bridgehead atoms. The summed E-state index contributed by atoms with van der Waals surface area (Å²) in [5, 5.41) is 8.56. The Morgan fingerprint density at radius 1 is 1.19 bits per heavy atom. The Hall–Kier alpha value is -1.81. The summed E-state index contributed by atoms with van der Waals surface area (Å²) in [6.07, 6.45) is 15.9. The molecule has 0 aromatic rings. The Balaban J connectivity index is 2.80. The average Bonchev–Trinajstić information content (AvgIpc) is 2.37. The second-order valence-corrected chi connectivity index (χ2v) is 6.55. The number of hydrogen-bond donors (Lipinski definition) is 0. The Kier molecular flexibility index (Phi) is 6.43. The van der Waals surface area contributed by atoms with Crippen molar-refractivity contribution in [2.75, 3.05) is 0 Å². The largest absolute Gasteiger partial charge is 0.193 e. The summed E-state index contributed by atoms with van der Waals surface area (Å²) in [6.45, 7) is 11.0. The number of allylic oxidation sites excluding steroid dienone is 10. The molecule has 1 nitrogen and oxygen atoms in total. The molecule has 0 fully saturated rings. The predicted molar refractivity (Wildman–Crippen MR) is 91.7 cm³/mol. The van der Waals surface area contributed by atoms with Crippen molar-refractivity contribution in [1.82, 2.24) is 0 Å². The fourth-order valence-electron chi connectivity index (χ4n) is 2.78. The second kappa shape index (κ2) is 7.84. The standard InChI is InChI=1S/C20H27N/c1-16(8-6-9-17(2)13-15-21)11-12-19-18(3)10-7-14-20(19,4)5/h6,8-9,11-13H,7,10,14H2,1-5H3/b9-6+,12-11+,16-8+,17-13+/i13+1,15+1. The van der Waals surface area contributed by atoms with Crippen molar-refractivity contribution in [2.24, 2.45) is 5.41 Å². The molecule has 0 radical (unpaired) electrons. The van der Waals surface area contributed by atoms with Gasteiger partial charge in [-0.05, 0) is 56.6 Å². The van der Waals surface area contributed by atoms with E-state index in [9.17, 15) is 0 Å². The number of rotatable bonds is 4. The molecule has 0 aromatic carbocycles. The van der Waals surface area contributed by atoms with Gasteiger partial charge in [-0.2, -0.15) is 5.26 Å². The van der Waals surface area contributed by atoms with E-state index in [4.69, 9.17) is 5.26 Å². The summed E-state index contributed by atoms with van der Waals surface area (Å²) in [6, 6.07) is 2.03. The third-order valence-electron chi connectivity index (χ3n) is 4.07. The summed E-state index contributed by atoms with van der Waals surface area (Å²) in [5.41, 5.74) is 5.50. The van der Waals surface area contributed by atoms with E-state index in [2.05, 4.69) is 45.9 Å². The van der Waals surface area contributed by atoms with Crippen molar-refractivity contribution in [3.63, 3.8) is 0 Å². The zero-order chi connectivity index (χ0) is 15.9. The minimum Gasteiger partial charge on any atom is -0.193 e. The molecule has 0 saturated heterocycles. The van der Waals surface area contributed by atoms with Gasteiger partial charge >= 0.3 is 0 Å². The molecule has 1 aliphatic carbocycles. The molecular weight excluding hydrogens is 256 g/mol. The second-order valence-electron chi connectivity index (χ2n) is 6.55. The van der Waals surface area contributed by atoms with Gasteiger partial charge in [-0.15, -0.1) is 0 Å². The Morgan fingerprint density at radius 3 is 2.52 bits per heavy atom. The van der Waals surface area contributed by atoms with E-state index < -0.39 is 0 Å². The quantitative estimate of drug-likeness (QED) is 0.350. The monoisotopic (exact) mass is 283 g/mol. The third kappa shape index (κ3) is 5.60. The van der Waals surface area contributed by atoms with Crippen LogP contribution in [0, 0.1) is 16.7 Å². The van der Waals surface area contributed by atoms with E-state index in [-0.39, 0.29) is 0 Å². The SMILES string of the molecule is CC1=C(/C=C/C(C)=C/C=C/C(C)=[13CH]/[13C]#N)C(C)(C)CCC1. The van der Waals surface area contributed by atoms with Gasteiger partial charge in [-0.1, -0.05) is 55.4 Å². The van der Waals surface area contributed by atoms with Crippen LogP contribution in [0.1, 0.15) is 53.9 Å². The summed E-state index contributed by atoms with van der Waals surface area (Å²) >= 11 is 0. The predicted octanol–water partition coefficient (Wildman–Crippen LogP) is 6.04. The summed E-state index contributed by atoms with van der Waals surface area (Å²) < 4.78 is 0. The van der Waals surface area contributed by atoms with Crippen molar-refractivity contribution < 1.29 is 0 Å². The topological polar surface area (TPSA) is 23.8 Å². The molecule has 0 heterocycles. The molecule has 112 valence electrons. The van der Waals surface area contributed by atoms with Gasteiger partial charge in [0.05, 0.1) is 6.07 Å². The van der Waals surface area contributed by atoms with Crippen molar-refractivity contribution in [3.05, 3.63) is 58.7 Å². The van der Waals surface area contributed by atoms with Gasteiger partial charge in [0.25, 0.3) is 0 Å². The van der Waals surface area contributed by atoms with Crippen LogP contribution < -0.4 is 0 Å². The lowest BCUT2D eigenvalue weighted by Gasteiger charge is -2.32. The molecule has 21 heavy (non-hydrogen) atoms. The van der Waals surface area contributed by atoms with Gasteiger partial charge in [-0.25, -0.2) is 0 Å². The van der Waals surface area contributed by atoms with Crippen LogP contribution in [-0.2, 0) is 0 Å². The molecular formula is C20H27N. The zero-order valence-corrected chi connectivity index (χ0v) is 14.0. The first-order valence-electron chi connectivity index (χ1n) is 7.66. The van der Waals surface area contributed by atoms with Crippen LogP contribution in [0.4, 0.5) is 0 Å². The zero-order valence-electron chi connectivity index (χ0n) is 14.0. The van der Waals surface area contributed by atoms with Crippen LogP contribution in [0.25, 0.3) is 0 Å². The Labute approximate surface area is 130 Å². The number of nitrogens with zero attached hydrogens (tertiary/aromatic N) is 1. The van der Waals surface area contributed by atoms with E-state index in [0.717, 1.165) is 5.57 Å². The molecule has 0 N–H and O–H groups in total. The minimum atomic E-state index is 0.293. The highest BCUT2D eigenvalue weighted by Gasteiger charge is 2.26. The Morgan fingerprint density at radius 2 is 1.90 bits per heavy atom. The fraction of sp³-hybridized carbons (Fsp3) is 0.450. The van der Waals surface area contributed by atoms with Crippen molar-refractivity contribution >= 4 is 0 Å². The van der Waals surface area contributed by atoms with Gasteiger partial charge in [0.2, 0.25) is 0 Å². The normalized spacial score (nSPS) is 20.4. The lowest BCUT2D eigenvalue weighted by molar-refractivity contribution is 0.377. The molecule has 0 atom stereocenters. The van der Waals surface area contributed by atoms with Crippen LogP contribution in [0.15, 0.2) is 58.7 Å². The van der Waals surface area contributed by atoms with Crippen LogP contribution >= 0.6 is 0 Å². The number of nitriles is 1. The summed E-state index contributed by atoms with van der Waals surface area (Å²) in [5.74, 6) is 0. The summed E-state index contributed by atoms with van der Waals surface area (Å²) in [7, 11) is 0. The molecule has 0 saturated carbocycles. The maximum atomic E-state index is 8.56. The van der Waals surface area contributed by atoms with E-state index in [1.165, 1.54) is 36.0 Å². The van der Waals surface area contributed by atoms with Crippen LogP contribution in [0.5, 0.6) is 0 Å². The average molecular weight is 283 g/mol. The first kappa shape index (κ1) is 17.2. The molecule has 0 amide bonds. The van der Waals surface area contributed by atoms with E-state index in [0.29, 0.717) is 5.41 Å². The van der Waals surface area contributed by atoms with Gasteiger partial charge in [0.15, 0.2) is 0 Å². The lowest BCUT2D eigenvalue weighted by Crippen LogP contribution is -2.19. The minimum absolute atomic E-state index is 0.293. The van der Waals surface area contributed by atoms with Gasteiger partial charge < -0.3 is 0 Å². The van der Waals surface area contributed by atoms with Crippen LogP contribution in [-0.4, -0.2) is 0 Å². The molecule has 0 spiro atoms. The van der Waals surface area contributed by atoms with Crippen LogP contribution in [0.2, 0.25) is 0 Å². The van der Waals surface area contributed by atoms with Gasteiger partial charge in [0.1, 0.15) is 0 Å². The highest BCUT2D eigenvalue weighted by molar-refractivity contribution is 5.37. The van der Waals surface area contributed by atoms with E-state index in [1.54, 1.807) is 6.08 Å². The maximum absolute atomic E-state index is 8.56. The van der Waals surface area contributed by atoms with Crippen molar-refractivity contribution in [2.45, 2.75) is 53.9 Å². The van der Waals surface area contributed by atoms with Crippen molar-refractivity contribution in [1.29, 1.82) is 5.26 Å². The number of hydrogen-bond acceptors (Lipinski definition) is 1. The Bertz CT molecular complexity index is 557. The van der Waals surface area contributed by atoms with E-state index >= 15 is 0 Å². The summed E-state index contributed by atoms with van der Waals surface area (Å²) in [4.78, 5) is 0. The maximum Gasteiger partial charge on any atom is 0.0914 e. The van der Waals surface area contributed by atoms with Crippen molar-refractivity contribution in [3.8, 4) is 6.07 Å². The lowest BCUT2D eigenvalue weighted by atomic mass is 9.72. The highest BCUT2D eigenvalue weighted by atomic mass is 14.5. The first-order chi connectivity index (χ1) is 9.86. The van der Waals surface area contributed by atoms with E-state index in [1.807, 2.05) is 25.1 Å².